The summed E-state index contributed by atoms with van der Waals surface area (Å²) in [5, 5.41) is 8.76. The van der Waals surface area contributed by atoms with Gasteiger partial charge in [0.25, 0.3) is 0 Å². The quantitative estimate of drug-likeness (QED) is 0.907. The van der Waals surface area contributed by atoms with E-state index < -0.39 is 5.82 Å². The lowest BCUT2D eigenvalue weighted by atomic mass is 9.83. The van der Waals surface area contributed by atoms with Gasteiger partial charge in [-0.1, -0.05) is 31.4 Å². The van der Waals surface area contributed by atoms with Gasteiger partial charge in [-0.2, -0.15) is 5.26 Å². The number of rotatable bonds is 4. The van der Waals surface area contributed by atoms with E-state index in [0.717, 1.165) is 25.7 Å². The molecule has 0 aliphatic heterocycles. The van der Waals surface area contributed by atoms with Crippen molar-refractivity contribution >= 4 is 0 Å². The van der Waals surface area contributed by atoms with Crippen molar-refractivity contribution < 1.29 is 9.13 Å². The van der Waals surface area contributed by atoms with E-state index in [1.54, 1.807) is 12.1 Å². The Bertz CT molecular complexity index is 476. The average molecular weight is 262 g/mol. The lowest BCUT2D eigenvalue weighted by Crippen LogP contribution is -2.46. The summed E-state index contributed by atoms with van der Waals surface area (Å²) >= 11 is 0. The van der Waals surface area contributed by atoms with Crippen molar-refractivity contribution in [1.82, 2.24) is 0 Å². The first-order chi connectivity index (χ1) is 9.14. The molecule has 1 aliphatic rings. The monoisotopic (exact) mass is 262 g/mol. The molecule has 2 rings (SSSR count). The van der Waals surface area contributed by atoms with Gasteiger partial charge in [-0.05, 0) is 18.9 Å². The Balaban J connectivity index is 1.91. The van der Waals surface area contributed by atoms with Crippen LogP contribution in [0.3, 0.4) is 0 Å². The third-order valence-electron chi connectivity index (χ3n) is 3.70. The molecule has 0 spiro atoms. The molecular weight excluding hydrogens is 243 g/mol. The van der Waals surface area contributed by atoms with Crippen LogP contribution < -0.4 is 5.73 Å². The highest BCUT2D eigenvalue weighted by Crippen LogP contribution is 2.26. The summed E-state index contributed by atoms with van der Waals surface area (Å²) in [5.74, 6) is -0.486. The Kier molecular flexibility index (Phi) is 4.52. The van der Waals surface area contributed by atoms with Gasteiger partial charge in [-0.25, -0.2) is 4.39 Å². The molecule has 0 bridgehead atoms. The van der Waals surface area contributed by atoms with Crippen LogP contribution in [0.25, 0.3) is 0 Å². The minimum Gasteiger partial charge on any atom is -0.375 e. The molecule has 2 N–H and O–H groups in total. The second kappa shape index (κ2) is 6.14. The van der Waals surface area contributed by atoms with E-state index in [1.807, 2.05) is 6.07 Å². The molecule has 4 heteroatoms. The number of hydrogen-bond donors (Lipinski definition) is 1. The van der Waals surface area contributed by atoms with Gasteiger partial charge in [0, 0.05) is 11.1 Å². The Labute approximate surface area is 113 Å². The lowest BCUT2D eigenvalue weighted by molar-refractivity contribution is 0.0560. The standard InChI is InChI=1S/C15H19FN2O/c16-14-12(9-17)5-4-6-13(14)10-19-11-15(18)7-2-1-3-8-15/h4-6H,1-3,7-8,10-11,18H2. The highest BCUT2D eigenvalue weighted by Gasteiger charge is 2.27. The molecule has 1 aromatic rings. The summed E-state index contributed by atoms with van der Waals surface area (Å²) in [6.07, 6.45) is 5.44. The van der Waals surface area contributed by atoms with Crippen molar-refractivity contribution in [1.29, 1.82) is 5.26 Å². The van der Waals surface area contributed by atoms with Gasteiger partial charge in [-0.3, -0.25) is 0 Å². The first kappa shape index (κ1) is 14.0. The Morgan fingerprint density at radius 3 is 2.74 bits per heavy atom. The molecule has 0 saturated heterocycles. The first-order valence-corrected chi connectivity index (χ1v) is 6.69. The van der Waals surface area contributed by atoms with Crippen LogP contribution >= 0.6 is 0 Å². The molecule has 0 radical (unpaired) electrons. The molecule has 1 saturated carbocycles. The van der Waals surface area contributed by atoms with Gasteiger partial charge in [0.15, 0.2) is 0 Å². The normalized spacial score (nSPS) is 17.9. The third kappa shape index (κ3) is 3.52. The third-order valence-corrected chi connectivity index (χ3v) is 3.70. The average Bonchev–Trinajstić information content (AvgIpc) is 2.41. The predicted octanol–water partition coefficient (Wildman–Crippen LogP) is 2.88. The fourth-order valence-corrected chi connectivity index (χ4v) is 2.54. The minimum absolute atomic E-state index is 0.0567. The zero-order valence-electron chi connectivity index (χ0n) is 11.0. The van der Waals surface area contributed by atoms with Crippen molar-refractivity contribution in [3.05, 3.63) is 35.1 Å². The maximum atomic E-state index is 13.8. The number of benzene rings is 1. The second-order valence-electron chi connectivity index (χ2n) is 5.31. The first-order valence-electron chi connectivity index (χ1n) is 6.69. The Morgan fingerprint density at radius 1 is 1.32 bits per heavy atom. The zero-order chi connectivity index (χ0) is 13.7. The van der Waals surface area contributed by atoms with Gasteiger partial charge in [0.05, 0.1) is 18.8 Å². The smallest absolute Gasteiger partial charge is 0.146 e. The highest BCUT2D eigenvalue weighted by atomic mass is 19.1. The SMILES string of the molecule is N#Cc1cccc(COCC2(N)CCCCC2)c1F. The van der Waals surface area contributed by atoms with E-state index in [0.29, 0.717) is 12.2 Å². The number of nitrogens with two attached hydrogens (primary N) is 1. The molecule has 1 aliphatic carbocycles. The molecule has 1 aromatic carbocycles. The van der Waals surface area contributed by atoms with E-state index in [2.05, 4.69) is 0 Å². The molecule has 0 unspecified atom stereocenters. The van der Waals surface area contributed by atoms with Crippen LogP contribution in [0.15, 0.2) is 18.2 Å². The number of nitriles is 1. The summed E-state index contributed by atoms with van der Waals surface area (Å²) in [6, 6.07) is 6.60. The van der Waals surface area contributed by atoms with E-state index in [-0.39, 0.29) is 17.7 Å². The highest BCUT2D eigenvalue weighted by molar-refractivity contribution is 5.34. The minimum atomic E-state index is -0.486. The second-order valence-corrected chi connectivity index (χ2v) is 5.31. The molecule has 0 amide bonds. The number of nitrogens with zero attached hydrogens (tertiary/aromatic N) is 1. The maximum absolute atomic E-state index is 13.8. The largest absolute Gasteiger partial charge is 0.375 e. The molecule has 1 fully saturated rings. The molecule has 0 heterocycles. The van der Waals surface area contributed by atoms with E-state index in [9.17, 15) is 4.39 Å². The molecule has 0 aromatic heterocycles. The summed E-state index contributed by atoms with van der Waals surface area (Å²) in [6.45, 7) is 0.615. The Hall–Kier alpha value is -1.44. The zero-order valence-corrected chi connectivity index (χ0v) is 11.0. The van der Waals surface area contributed by atoms with Crippen molar-refractivity contribution in [2.24, 2.45) is 5.73 Å². The topological polar surface area (TPSA) is 59.0 Å². The van der Waals surface area contributed by atoms with Crippen LogP contribution in [0.1, 0.15) is 43.2 Å². The van der Waals surface area contributed by atoms with Gasteiger partial charge < -0.3 is 10.5 Å². The fourth-order valence-electron chi connectivity index (χ4n) is 2.54. The van der Waals surface area contributed by atoms with Crippen LogP contribution in [-0.2, 0) is 11.3 Å². The lowest BCUT2D eigenvalue weighted by Gasteiger charge is -2.33. The number of ether oxygens (including phenoxy) is 1. The van der Waals surface area contributed by atoms with Gasteiger partial charge >= 0.3 is 0 Å². The van der Waals surface area contributed by atoms with Gasteiger partial charge in [0.2, 0.25) is 0 Å². The van der Waals surface area contributed by atoms with E-state index in [4.69, 9.17) is 15.7 Å². The predicted molar refractivity (Wildman–Crippen MR) is 70.8 cm³/mol. The fraction of sp³-hybridized carbons (Fsp3) is 0.533. The van der Waals surface area contributed by atoms with E-state index in [1.165, 1.54) is 12.5 Å². The van der Waals surface area contributed by atoms with Gasteiger partial charge in [-0.15, -0.1) is 0 Å². The van der Waals surface area contributed by atoms with Crippen LogP contribution in [0.2, 0.25) is 0 Å². The number of halogens is 1. The summed E-state index contributed by atoms with van der Waals surface area (Å²) in [7, 11) is 0. The molecule has 0 atom stereocenters. The molecule has 102 valence electrons. The van der Waals surface area contributed by atoms with Crippen molar-refractivity contribution in [2.75, 3.05) is 6.61 Å². The van der Waals surface area contributed by atoms with Crippen LogP contribution in [0.5, 0.6) is 0 Å². The van der Waals surface area contributed by atoms with Crippen LogP contribution in [0.4, 0.5) is 4.39 Å². The number of hydrogen-bond acceptors (Lipinski definition) is 3. The Morgan fingerprint density at radius 2 is 2.05 bits per heavy atom. The van der Waals surface area contributed by atoms with Gasteiger partial charge in [0.1, 0.15) is 11.9 Å². The summed E-state index contributed by atoms with van der Waals surface area (Å²) in [5.41, 5.74) is 6.46. The van der Waals surface area contributed by atoms with Crippen molar-refractivity contribution in [3.63, 3.8) is 0 Å². The molecular formula is C15H19FN2O. The maximum Gasteiger partial charge on any atom is 0.146 e. The van der Waals surface area contributed by atoms with E-state index >= 15 is 0 Å². The molecule has 3 nitrogen and oxygen atoms in total. The van der Waals surface area contributed by atoms with Crippen LogP contribution in [-0.4, -0.2) is 12.1 Å². The summed E-state index contributed by atoms with van der Waals surface area (Å²) in [4.78, 5) is 0. The summed E-state index contributed by atoms with van der Waals surface area (Å²) < 4.78 is 19.4. The van der Waals surface area contributed by atoms with Crippen molar-refractivity contribution in [2.45, 2.75) is 44.2 Å². The van der Waals surface area contributed by atoms with Crippen molar-refractivity contribution in [3.8, 4) is 6.07 Å². The van der Waals surface area contributed by atoms with Crippen LogP contribution in [0, 0.1) is 17.1 Å². The molecule has 19 heavy (non-hydrogen) atoms.